The molecule has 150 valence electrons. The molecule has 6 heteroatoms. The summed E-state index contributed by atoms with van der Waals surface area (Å²) in [5, 5.41) is 5.65. The summed E-state index contributed by atoms with van der Waals surface area (Å²) in [7, 11) is 0. The second-order valence-corrected chi connectivity index (χ2v) is 7.81. The van der Waals surface area contributed by atoms with Gasteiger partial charge in [0.15, 0.2) is 0 Å². The Morgan fingerprint density at radius 1 is 1.07 bits per heavy atom. The normalized spacial score (nSPS) is 10.8. The van der Waals surface area contributed by atoms with E-state index in [1.807, 2.05) is 5.38 Å². The van der Waals surface area contributed by atoms with Crippen LogP contribution in [0.4, 0.5) is 5.69 Å². The van der Waals surface area contributed by atoms with Gasteiger partial charge in [-0.3, -0.25) is 4.79 Å². The molecule has 1 amide bonds. The lowest BCUT2D eigenvalue weighted by Gasteiger charge is -2.09. The number of anilines is 1. The Morgan fingerprint density at radius 2 is 1.76 bits per heavy atom. The number of amides is 1. The second-order valence-electron chi connectivity index (χ2n) is 6.95. The Bertz CT molecular complexity index is 976. The topological polar surface area (TPSA) is 68.3 Å². The average Bonchev–Trinajstić information content (AvgIpc) is 3.16. The highest BCUT2D eigenvalue weighted by Crippen LogP contribution is 2.24. The molecule has 1 aromatic heterocycles. The second kappa shape index (κ2) is 9.47. The van der Waals surface area contributed by atoms with E-state index in [2.05, 4.69) is 41.5 Å². The molecule has 0 aliphatic heterocycles. The standard InChI is InChI=1S/C23H24N2O3S/c1-4-16-5-7-17(8-6-16)22-25-20(14-29-22)13-21(26)24-19-11-9-18(10-12-19)23(27)28-15(2)3/h5-12,14-15H,4,13H2,1-3H3,(H,24,26). The lowest BCUT2D eigenvalue weighted by molar-refractivity contribution is -0.115. The van der Waals surface area contributed by atoms with E-state index < -0.39 is 0 Å². The number of carbonyl (C=O) groups is 2. The molecule has 0 radical (unpaired) electrons. The van der Waals surface area contributed by atoms with Gasteiger partial charge in [-0.05, 0) is 50.1 Å². The smallest absolute Gasteiger partial charge is 0.338 e. The minimum atomic E-state index is -0.375. The van der Waals surface area contributed by atoms with Crippen LogP contribution in [0.2, 0.25) is 0 Å². The van der Waals surface area contributed by atoms with Crippen molar-refractivity contribution >= 4 is 28.9 Å². The summed E-state index contributed by atoms with van der Waals surface area (Å²) in [6.45, 7) is 5.73. The number of hydrogen-bond acceptors (Lipinski definition) is 5. The molecular weight excluding hydrogens is 384 g/mol. The molecule has 0 unspecified atom stereocenters. The van der Waals surface area contributed by atoms with Crippen LogP contribution >= 0.6 is 11.3 Å². The molecule has 2 aromatic carbocycles. The van der Waals surface area contributed by atoms with Gasteiger partial charge in [0, 0.05) is 16.6 Å². The average molecular weight is 409 g/mol. The van der Waals surface area contributed by atoms with Gasteiger partial charge in [0.25, 0.3) is 0 Å². The molecule has 0 saturated heterocycles. The molecule has 0 spiro atoms. The van der Waals surface area contributed by atoms with Crippen molar-refractivity contribution in [3.63, 3.8) is 0 Å². The molecule has 0 aliphatic carbocycles. The maximum atomic E-state index is 12.3. The molecule has 0 bridgehead atoms. The number of nitrogens with zero attached hydrogens (tertiary/aromatic N) is 1. The van der Waals surface area contributed by atoms with Gasteiger partial charge in [-0.1, -0.05) is 31.2 Å². The zero-order chi connectivity index (χ0) is 20.8. The van der Waals surface area contributed by atoms with Crippen LogP contribution in [0.3, 0.4) is 0 Å². The molecule has 29 heavy (non-hydrogen) atoms. The SMILES string of the molecule is CCc1ccc(-c2nc(CC(=O)Nc3ccc(C(=O)OC(C)C)cc3)cs2)cc1. The highest BCUT2D eigenvalue weighted by Gasteiger charge is 2.11. The van der Waals surface area contributed by atoms with Gasteiger partial charge in [-0.15, -0.1) is 11.3 Å². The molecule has 0 aliphatic rings. The van der Waals surface area contributed by atoms with Crippen LogP contribution in [0.1, 0.15) is 42.4 Å². The summed E-state index contributed by atoms with van der Waals surface area (Å²) in [6.07, 6.45) is 1.03. The van der Waals surface area contributed by atoms with Gasteiger partial charge in [0.1, 0.15) is 5.01 Å². The van der Waals surface area contributed by atoms with E-state index >= 15 is 0 Å². The predicted molar refractivity (Wildman–Crippen MR) is 116 cm³/mol. The van der Waals surface area contributed by atoms with Crippen LogP contribution in [-0.2, 0) is 22.4 Å². The fourth-order valence-corrected chi connectivity index (χ4v) is 3.57. The number of carbonyl (C=O) groups excluding carboxylic acids is 2. The van der Waals surface area contributed by atoms with Crippen LogP contribution in [-0.4, -0.2) is 23.0 Å². The first-order chi connectivity index (χ1) is 13.9. The van der Waals surface area contributed by atoms with Gasteiger partial charge in [-0.2, -0.15) is 0 Å². The zero-order valence-electron chi connectivity index (χ0n) is 16.8. The first-order valence-corrected chi connectivity index (χ1v) is 10.5. The van der Waals surface area contributed by atoms with Crippen LogP contribution in [0.15, 0.2) is 53.9 Å². The minimum Gasteiger partial charge on any atom is -0.459 e. The Labute approximate surface area is 174 Å². The quantitative estimate of drug-likeness (QED) is 0.551. The van der Waals surface area contributed by atoms with Gasteiger partial charge in [0.2, 0.25) is 5.91 Å². The number of hydrogen-bond donors (Lipinski definition) is 1. The zero-order valence-corrected chi connectivity index (χ0v) is 17.6. The Hall–Kier alpha value is -2.99. The molecule has 5 nitrogen and oxygen atoms in total. The number of aryl methyl sites for hydroxylation is 1. The monoisotopic (exact) mass is 408 g/mol. The number of aromatic nitrogens is 1. The van der Waals surface area contributed by atoms with Crippen LogP contribution in [0.5, 0.6) is 0 Å². The number of thiazole rings is 1. The third-order valence-corrected chi connectivity index (χ3v) is 5.19. The fraction of sp³-hybridized carbons (Fsp3) is 0.261. The van der Waals surface area contributed by atoms with Crippen LogP contribution in [0.25, 0.3) is 10.6 Å². The number of esters is 1. The lowest BCUT2D eigenvalue weighted by atomic mass is 10.1. The van der Waals surface area contributed by atoms with E-state index in [4.69, 9.17) is 4.74 Å². The van der Waals surface area contributed by atoms with Crippen molar-refractivity contribution in [1.29, 1.82) is 0 Å². The summed E-state index contributed by atoms with van der Waals surface area (Å²) in [5.74, 6) is -0.527. The third kappa shape index (κ3) is 5.74. The van der Waals surface area contributed by atoms with E-state index in [1.165, 1.54) is 16.9 Å². The lowest BCUT2D eigenvalue weighted by Crippen LogP contribution is -2.15. The van der Waals surface area contributed by atoms with E-state index in [9.17, 15) is 9.59 Å². The summed E-state index contributed by atoms with van der Waals surface area (Å²) >= 11 is 1.53. The van der Waals surface area contributed by atoms with E-state index in [0.717, 1.165) is 22.7 Å². The van der Waals surface area contributed by atoms with Crippen molar-refractivity contribution in [2.24, 2.45) is 0 Å². The Balaban J connectivity index is 1.58. The number of benzene rings is 2. The minimum absolute atomic E-state index is 0.152. The largest absolute Gasteiger partial charge is 0.459 e. The number of rotatable bonds is 7. The van der Waals surface area contributed by atoms with Gasteiger partial charge in [-0.25, -0.2) is 9.78 Å². The summed E-state index contributed by atoms with van der Waals surface area (Å²) in [5.41, 5.74) is 4.16. The molecule has 0 saturated carbocycles. The van der Waals surface area contributed by atoms with Gasteiger partial charge >= 0.3 is 5.97 Å². The van der Waals surface area contributed by atoms with Crippen molar-refractivity contribution in [2.45, 2.75) is 39.7 Å². The predicted octanol–water partition coefficient (Wildman–Crippen LogP) is 5.12. The maximum absolute atomic E-state index is 12.3. The van der Waals surface area contributed by atoms with Gasteiger partial charge < -0.3 is 10.1 Å². The van der Waals surface area contributed by atoms with E-state index in [-0.39, 0.29) is 24.4 Å². The van der Waals surface area contributed by atoms with E-state index in [1.54, 1.807) is 38.1 Å². The third-order valence-electron chi connectivity index (χ3n) is 4.25. The highest BCUT2D eigenvalue weighted by atomic mass is 32.1. The summed E-state index contributed by atoms with van der Waals surface area (Å²) < 4.78 is 5.15. The van der Waals surface area contributed by atoms with Crippen LogP contribution in [0, 0.1) is 0 Å². The summed E-state index contributed by atoms with van der Waals surface area (Å²) in [6, 6.07) is 15.0. The number of ether oxygens (including phenoxy) is 1. The molecule has 1 N–H and O–H groups in total. The van der Waals surface area contributed by atoms with Gasteiger partial charge in [0.05, 0.1) is 23.8 Å². The van der Waals surface area contributed by atoms with Crippen molar-refractivity contribution in [1.82, 2.24) is 4.98 Å². The number of nitrogens with one attached hydrogen (secondary N) is 1. The Morgan fingerprint density at radius 3 is 2.38 bits per heavy atom. The first kappa shape index (κ1) is 20.7. The molecule has 3 aromatic rings. The van der Waals surface area contributed by atoms with Crippen molar-refractivity contribution < 1.29 is 14.3 Å². The summed E-state index contributed by atoms with van der Waals surface area (Å²) in [4.78, 5) is 28.8. The highest BCUT2D eigenvalue weighted by molar-refractivity contribution is 7.13. The first-order valence-electron chi connectivity index (χ1n) is 9.59. The van der Waals surface area contributed by atoms with Crippen molar-refractivity contribution in [3.8, 4) is 10.6 Å². The maximum Gasteiger partial charge on any atom is 0.338 e. The molecular formula is C23H24N2O3S. The van der Waals surface area contributed by atoms with Crippen LogP contribution < -0.4 is 5.32 Å². The molecule has 1 heterocycles. The Kier molecular flexibility index (Phi) is 6.77. The van der Waals surface area contributed by atoms with Crippen molar-refractivity contribution in [2.75, 3.05) is 5.32 Å². The molecule has 3 rings (SSSR count). The molecule has 0 atom stereocenters. The van der Waals surface area contributed by atoms with E-state index in [0.29, 0.717) is 11.3 Å². The molecule has 0 fully saturated rings. The van der Waals surface area contributed by atoms with Crippen molar-refractivity contribution in [3.05, 3.63) is 70.7 Å². The fourth-order valence-electron chi connectivity index (χ4n) is 2.75.